The molecule has 1 N–H and O–H groups in total. The van der Waals surface area contributed by atoms with Crippen molar-refractivity contribution in [3.63, 3.8) is 0 Å². The van der Waals surface area contributed by atoms with Crippen LogP contribution < -0.4 is 9.64 Å². The van der Waals surface area contributed by atoms with Gasteiger partial charge in [-0.1, -0.05) is 0 Å². The van der Waals surface area contributed by atoms with Crippen molar-refractivity contribution in [2.45, 2.75) is 18.9 Å². The summed E-state index contributed by atoms with van der Waals surface area (Å²) in [6.45, 7) is 1.24. The number of methoxy groups -OCH3 is 1. The van der Waals surface area contributed by atoms with Gasteiger partial charge in [-0.2, -0.15) is 0 Å². The smallest absolute Gasteiger partial charge is 0.128 e. The second-order valence-corrected chi connectivity index (χ2v) is 3.79. The van der Waals surface area contributed by atoms with E-state index in [1.165, 1.54) is 0 Å². The van der Waals surface area contributed by atoms with Gasteiger partial charge in [0.15, 0.2) is 0 Å². The summed E-state index contributed by atoms with van der Waals surface area (Å²) < 4.78 is 5.14. The third-order valence-corrected chi connectivity index (χ3v) is 2.90. The molecule has 3 heteroatoms. The molecular weight excluding hydrogens is 190 g/mol. The van der Waals surface area contributed by atoms with E-state index in [2.05, 4.69) is 11.0 Å². The lowest BCUT2D eigenvalue weighted by Crippen LogP contribution is -2.31. The summed E-state index contributed by atoms with van der Waals surface area (Å²) in [5.41, 5.74) is 1.11. The number of hydrogen-bond donors (Lipinski definition) is 1. The molecule has 15 heavy (non-hydrogen) atoms. The van der Waals surface area contributed by atoms with Gasteiger partial charge in [0.25, 0.3) is 0 Å². The Hall–Kier alpha value is -1.22. The molecule has 0 saturated carbocycles. The highest BCUT2D eigenvalue weighted by Gasteiger charge is 2.23. The summed E-state index contributed by atoms with van der Waals surface area (Å²) in [6, 6.07) is 9.10. The molecule has 1 atom stereocenters. The van der Waals surface area contributed by atoms with Crippen LogP contribution in [0, 0.1) is 6.07 Å². The average Bonchev–Trinajstić information content (AvgIpc) is 2.77. The monoisotopic (exact) mass is 206 g/mol. The number of ether oxygens (including phenoxy) is 1. The minimum absolute atomic E-state index is 0.223. The van der Waals surface area contributed by atoms with E-state index in [1.54, 1.807) is 7.11 Å². The van der Waals surface area contributed by atoms with Crippen molar-refractivity contribution in [3.8, 4) is 5.75 Å². The Kier molecular flexibility index (Phi) is 3.11. The topological polar surface area (TPSA) is 32.7 Å². The Morgan fingerprint density at radius 1 is 1.67 bits per heavy atom. The maximum Gasteiger partial charge on any atom is 0.128 e. The van der Waals surface area contributed by atoms with Crippen molar-refractivity contribution in [3.05, 3.63) is 24.3 Å². The molecule has 1 radical (unpaired) electrons. The lowest BCUT2D eigenvalue weighted by atomic mass is 10.2. The minimum Gasteiger partial charge on any atom is -0.496 e. The Morgan fingerprint density at radius 3 is 3.27 bits per heavy atom. The van der Waals surface area contributed by atoms with Gasteiger partial charge in [-0.05, 0) is 25.0 Å². The zero-order chi connectivity index (χ0) is 10.7. The van der Waals surface area contributed by atoms with Crippen LogP contribution in [0.15, 0.2) is 18.2 Å². The summed E-state index contributed by atoms with van der Waals surface area (Å²) in [4.78, 5) is 2.23. The van der Waals surface area contributed by atoms with E-state index in [-0.39, 0.29) is 12.6 Å². The second kappa shape index (κ2) is 4.53. The number of benzene rings is 1. The summed E-state index contributed by atoms with van der Waals surface area (Å²) in [5.74, 6) is 0.746. The van der Waals surface area contributed by atoms with Crippen LogP contribution in [0.2, 0.25) is 0 Å². The standard InChI is InChI=1S/C12H16NO2/c1-15-12-6-2-4-10(8-12)13-7-3-5-11(13)9-14/h2,4,8,11,14H,3,5,7,9H2,1H3/t11-/m1/s1. The van der Waals surface area contributed by atoms with Crippen LogP contribution in [0.3, 0.4) is 0 Å². The largest absolute Gasteiger partial charge is 0.496 e. The summed E-state index contributed by atoms with van der Waals surface area (Å²) in [5, 5.41) is 9.24. The number of hydrogen-bond acceptors (Lipinski definition) is 3. The first-order valence-electron chi connectivity index (χ1n) is 5.28. The Balaban J connectivity index is 2.20. The zero-order valence-corrected chi connectivity index (χ0v) is 8.94. The molecule has 3 nitrogen and oxygen atoms in total. The van der Waals surface area contributed by atoms with Crippen LogP contribution >= 0.6 is 0 Å². The molecule has 2 rings (SSSR count). The van der Waals surface area contributed by atoms with E-state index in [9.17, 15) is 5.11 Å². The van der Waals surface area contributed by atoms with Gasteiger partial charge in [0, 0.05) is 24.4 Å². The molecule has 0 amide bonds. The average molecular weight is 206 g/mol. The summed E-state index contributed by atoms with van der Waals surface area (Å²) in [6.07, 6.45) is 2.21. The Morgan fingerprint density at radius 2 is 2.53 bits per heavy atom. The molecule has 0 spiro atoms. The lowest BCUT2D eigenvalue weighted by Gasteiger charge is -2.25. The Bertz CT molecular complexity index is 327. The van der Waals surface area contributed by atoms with Crippen LogP contribution in [0.4, 0.5) is 5.69 Å². The number of anilines is 1. The molecule has 0 aromatic heterocycles. The van der Waals surface area contributed by atoms with E-state index in [0.717, 1.165) is 30.8 Å². The molecule has 1 heterocycles. The van der Waals surface area contributed by atoms with Crippen molar-refractivity contribution < 1.29 is 9.84 Å². The maximum absolute atomic E-state index is 9.24. The van der Waals surface area contributed by atoms with Gasteiger partial charge < -0.3 is 14.7 Å². The summed E-state index contributed by atoms with van der Waals surface area (Å²) >= 11 is 0. The fourth-order valence-corrected chi connectivity index (χ4v) is 2.10. The van der Waals surface area contributed by atoms with Crippen LogP contribution in [0.1, 0.15) is 12.8 Å². The van der Waals surface area contributed by atoms with E-state index in [4.69, 9.17) is 4.74 Å². The number of aliphatic hydroxyl groups is 1. The first-order valence-corrected chi connectivity index (χ1v) is 5.28. The van der Waals surface area contributed by atoms with Crippen molar-refractivity contribution in [1.29, 1.82) is 0 Å². The minimum atomic E-state index is 0.223. The van der Waals surface area contributed by atoms with E-state index in [1.807, 2.05) is 18.2 Å². The lowest BCUT2D eigenvalue weighted by molar-refractivity contribution is 0.266. The predicted molar refractivity (Wildman–Crippen MR) is 59.3 cm³/mol. The molecule has 0 aliphatic carbocycles. The first kappa shape index (κ1) is 10.3. The zero-order valence-electron chi connectivity index (χ0n) is 8.94. The van der Waals surface area contributed by atoms with Crippen molar-refractivity contribution >= 4 is 5.69 Å². The highest BCUT2D eigenvalue weighted by atomic mass is 16.5. The third kappa shape index (κ3) is 2.07. The predicted octanol–water partition coefficient (Wildman–Crippen LogP) is 1.46. The molecule has 1 aromatic carbocycles. The molecular formula is C12H16NO2. The molecule has 0 unspecified atom stereocenters. The fourth-order valence-electron chi connectivity index (χ4n) is 2.10. The van der Waals surface area contributed by atoms with Crippen LogP contribution in [0.25, 0.3) is 0 Å². The van der Waals surface area contributed by atoms with Gasteiger partial charge >= 0.3 is 0 Å². The molecule has 81 valence electrons. The second-order valence-electron chi connectivity index (χ2n) is 3.79. The maximum atomic E-state index is 9.24. The van der Waals surface area contributed by atoms with Gasteiger partial charge in [-0.25, -0.2) is 0 Å². The van der Waals surface area contributed by atoms with E-state index < -0.39 is 0 Å². The molecule has 1 saturated heterocycles. The highest BCUT2D eigenvalue weighted by Crippen LogP contribution is 2.27. The van der Waals surface area contributed by atoms with Gasteiger partial charge in [-0.15, -0.1) is 0 Å². The molecule has 1 fully saturated rings. The van der Waals surface area contributed by atoms with Gasteiger partial charge in [0.05, 0.1) is 19.8 Å². The van der Waals surface area contributed by atoms with Gasteiger partial charge in [-0.3, -0.25) is 0 Å². The number of nitrogens with zero attached hydrogens (tertiary/aromatic N) is 1. The molecule has 1 aliphatic heterocycles. The highest BCUT2D eigenvalue weighted by molar-refractivity contribution is 5.52. The van der Waals surface area contributed by atoms with Gasteiger partial charge in [0.2, 0.25) is 0 Å². The summed E-state index contributed by atoms with van der Waals surface area (Å²) in [7, 11) is 1.64. The van der Waals surface area contributed by atoms with E-state index >= 15 is 0 Å². The van der Waals surface area contributed by atoms with Crippen molar-refractivity contribution in [1.82, 2.24) is 0 Å². The SMILES string of the molecule is COc1[c]ccc(N2CCC[C@@H]2CO)c1. The van der Waals surface area contributed by atoms with Crippen LogP contribution in [0.5, 0.6) is 5.75 Å². The normalized spacial score (nSPS) is 20.7. The number of rotatable bonds is 3. The molecule has 1 aromatic rings. The van der Waals surface area contributed by atoms with Crippen molar-refractivity contribution in [2.75, 3.05) is 25.2 Å². The quantitative estimate of drug-likeness (QED) is 0.812. The van der Waals surface area contributed by atoms with E-state index in [0.29, 0.717) is 0 Å². The Labute approximate surface area is 90.3 Å². The molecule has 0 bridgehead atoms. The van der Waals surface area contributed by atoms with Gasteiger partial charge in [0.1, 0.15) is 5.75 Å². The first-order chi connectivity index (χ1) is 7.35. The molecule has 1 aliphatic rings. The number of aliphatic hydroxyl groups excluding tert-OH is 1. The third-order valence-electron chi connectivity index (χ3n) is 2.90. The fraction of sp³-hybridized carbons (Fsp3) is 0.500. The van der Waals surface area contributed by atoms with Crippen LogP contribution in [-0.4, -0.2) is 31.4 Å². The van der Waals surface area contributed by atoms with Crippen molar-refractivity contribution in [2.24, 2.45) is 0 Å². The van der Waals surface area contributed by atoms with Crippen LogP contribution in [-0.2, 0) is 0 Å².